The highest BCUT2D eigenvalue weighted by atomic mass is 16.1. The number of carbonyl (C=O) groups excluding carboxylic acids is 1. The molecule has 0 radical (unpaired) electrons. The largest absolute Gasteiger partial charge is 0.355 e. The number of rotatable bonds is 4. The molecule has 0 aromatic heterocycles. The molecule has 3 heteroatoms. The van der Waals surface area contributed by atoms with Crippen LogP contribution < -0.4 is 10.6 Å². The molecule has 1 saturated heterocycles. The highest BCUT2D eigenvalue weighted by Crippen LogP contribution is 2.14. The fourth-order valence-corrected chi connectivity index (χ4v) is 2.58. The second-order valence-corrected chi connectivity index (χ2v) is 5.55. The molecule has 2 rings (SSSR count). The predicted molar refractivity (Wildman–Crippen MR) is 78.1 cm³/mol. The molecule has 1 aliphatic heterocycles. The van der Waals surface area contributed by atoms with Crippen molar-refractivity contribution in [1.82, 2.24) is 10.6 Å². The molecule has 3 nitrogen and oxygen atoms in total. The minimum Gasteiger partial charge on any atom is -0.355 e. The lowest BCUT2D eigenvalue weighted by molar-refractivity contribution is -0.125. The maximum Gasteiger partial charge on any atom is 0.224 e. The normalized spacial score (nSPS) is 23.1. The second kappa shape index (κ2) is 6.71. The van der Waals surface area contributed by atoms with E-state index < -0.39 is 0 Å². The van der Waals surface area contributed by atoms with Gasteiger partial charge >= 0.3 is 0 Å². The molecular formula is C16H24N2O. The van der Waals surface area contributed by atoms with Crippen molar-refractivity contribution in [2.75, 3.05) is 13.1 Å². The van der Waals surface area contributed by atoms with Crippen molar-refractivity contribution in [1.29, 1.82) is 0 Å². The molecule has 1 aromatic rings. The Kier molecular flexibility index (Phi) is 4.97. The van der Waals surface area contributed by atoms with Crippen LogP contribution in [0.1, 0.15) is 30.9 Å². The molecule has 1 amide bonds. The Morgan fingerprint density at radius 2 is 2.16 bits per heavy atom. The molecule has 1 aliphatic rings. The molecule has 0 spiro atoms. The van der Waals surface area contributed by atoms with Crippen molar-refractivity contribution < 1.29 is 4.79 Å². The summed E-state index contributed by atoms with van der Waals surface area (Å²) in [6.45, 7) is 5.84. The van der Waals surface area contributed by atoms with Gasteiger partial charge in [0, 0.05) is 19.1 Å². The molecule has 2 N–H and O–H groups in total. The molecule has 0 aliphatic carbocycles. The van der Waals surface area contributed by atoms with Crippen molar-refractivity contribution in [2.45, 2.75) is 39.2 Å². The van der Waals surface area contributed by atoms with Crippen LogP contribution in [-0.4, -0.2) is 25.0 Å². The number of amides is 1. The summed E-state index contributed by atoms with van der Waals surface area (Å²) in [5.74, 6) is 0.348. The monoisotopic (exact) mass is 260 g/mol. The Morgan fingerprint density at radius 1 is 1.37 bits per heavy atom. The summed E-state index contributed by atoms with van der Waals surface area (Å²) in [7, 11) is 0. The zero-order valence-corrected chi connectivity index (χ0v) is 11.9. The van der Waals surface area contributed by atoms with Gasteiger partial charge in [0.25, 0.3) is 0 Å². The lowest BCUT2D eigenvalue weighted by atomic mass is 9.95. The summed E-state index contributed by atoms with van der Waals surface area (Å²) in [4.78, 5) is 12.0. The maximum atomic E-state index is 12.0. The van der Waals surface area contributed by atoms with Gasteiger partial charge in [-0.25, -0.2) is 0 Å². The maximum absolute atomic E-state index is 12.0. The van der Waals surface area contributed by atoms with Crippen LogP contribution in [0.25, 0.3) is 0 Å². The van der Waals surface area contributed by atoms with Gasteiger partial charge in [-0.15, -0.1) is 0 Å². The van der Waals surface area contributed by atoms with Gasteiger partial charge in [0.05, 0.1) is 5.92 Å². The highest BCUT2D eigenvalue weighted by molar-refractivity contribution is 5.79. The number of nitrogens with one attached hydrogen (secondary N) is 2. The first kappa shape index (κ1) is 14.1. The summed E-state index contributed by atoms with van der Waals surface area (Å²) < 4.78 is 0. The van der Waals surface area contributed by atoms with E-state index in [2.05, 4.69) is 42.7 Å². The van der Waals surface area contributed by atoms with E-state index in [0.717, 1.165) is 32.4 Å². The Hall–Kier alpha value is -1.35. The first-order chi connectivity index (χ1) is 9.16. The summed E-state index contributed by atoms with van der Waals surface area (Å²) in [6.07, 6.45) is 3.01. The van der Waals surface area contributed by atoms with Crippen molar-refractivity contribution in [3.05, 3.63) is 35.4 Å². The summed E-state index contributed by atoms with van der Waals surface area (Å²) in [6, 6.07) is 8.90. The molecule has 1 fully saturated rings. The van der Waals surface area contributed by atoms with E-state index in [1.807, 2.05) is 6.07 Å². The van der Waals surface area contributed by atoms with Crippen LogP contribution in [0, 0.1) is 12.8 Å². The lowest BCUT2D eigenvalue weighted by Crippen LogP contribution is -2.44. The zero-order chi connectivity index (χ0) is 13.7. The van der Waals surface area contributed by atoms with Gasteiger partial charge in [0.15, 0.2) is 0 Å². The van der Waals surface area contributed by atoms with E-state index in [1.165, 1.54) is 11.1 Å². The van der Waals surface area contributed by atoms with Crippen LogP contribution in [0.2, 0.25) is 0 Å². The first-order valence-corrected chi connectivity index (χ1v) is 7.22. The van der Waals surface area contributed by atoms with Crippen LogP contribution in [0.3, 0.4) is 0 Å². The number of carbonyl (C=O) groups is 1. The standard InChI is InChI=1S/C16H24N2O/c1-12-5-3-4-6-14(12)9-10-17-16(19)15-8-7-13(2)18-11-15/h3-6,13,15,18H,7-11H2,1-2H3,(H,17,19). The zero-order valence-electron chi connectivity index (χ0n) is 11.9. The molecule has 19 heavy (non-hydrogen) atoms. The molecule has 2 atom stereocenters. The fraction of sp³-hybridized carbons (Fsp3) is 0.562. The van der Waals surface area contributed by atoms with Gasteiger partial charge in [-0.05, 0) is 44.2 Å². The molecular weight excluding hydrogens is 236 g/mol. The number of hydrogen-bond donors (Lipinski definition) is 2. The van der Waals surface area contributed by atoms with Gasteiger partial charge < -0.3 is 10.6 Å². The molecule has 1 aromatic carbocycles. The van der Waals surface area contributed by atoms with Gasteiger partial charge in [-0.2, -0.15) is 0 Å². The number of hydrogen-bond acceptors (Lipinski definition) is 2. The van der Waals surface area contributed by atoms with Crippen LogP contribution >= 0.6 is 0 Å². The Balaban J connectivity index is 1.74. The quantitative estimate of drug-likeness (QED) is 0.870. The number of aryl methyl sites for hydroxylation is 1. The fourth-order valence-electron chi connectivity index (χ4n) is 2.58. The van der Waals surface area contributed by atoms with E-state index >= 15 is 0 Å². The first-order valence-electron chi connectivity index (χ1n) is 7.22. The Bertz CT molecular complexity index is 423. The van der Waals surface area contributed by atoms with Gasteiger partial charge in [-0.1, -0.05) is 24.3 Å². The highest BCUT2D eigenvalue weighted by Gasteiger charge is 2.23. The summed E-state index contributed by atoms with van der Waals surface area (Å²) >= 11 is 0. The van der Waals surface area contributed by atoms with Gasteiger partial charge in [-0.3, -0.25) is 4.79 Å². The van der Waals surface area contributed by atoms with E-state index in [9.17, 15) is 4.79 Å². The van der Waals surface area contributed by atoms with Crippen molar-refractivity contribution in [3.8, 4) is 0 Å². The SMILES string of the molecule is Cc1ccccc1CCNC(=O)C1CCC(C)NC1. The number of piperidine rings is 1. The average Bonchev–Trinajstić information content (AvgIpc) is 2.41. The van der Waals surface area contributed by atoms with Gasteiger partial charge in [0.2, 0.25) is 5.91 Å². The Labute approximate surface area is 115 Å². The third-order valence-corrected chi connectivity index (χ3v) is 3.99. The van der Waals surface area contributed by atoms with Crippen molar-refractivity contribution in [2.24, 2.45) is 5.92 Å². The molecule has 1 heterocycles. The third-order valence-electron chi connectivity index (χ3n) is 3.99. The van der Waals surface area contributed by atoms with Crippen LogP contribution in [0.4, 0.5) is 0 Å². The van der Waals surface area contributed by atoms with Crippen molar-refractivity contribution >= 4 is 5.91 Å². The van der Waals surface area contributed by atoms with E-state index in [0.29, 0.717) is 6.04 Å². The third kappa shape index (κ3) is 4.06. The minimum atomic E-state index is 0.146. The average molecular weight is 260 g/mol. The van der Waals surface area contributed by atoms with Crippen LogP contribution in [0.15, 0.2) is 24.3 Å². The van der Waals surface area contributed by atoms with E-state index in [-0.39, 0.29) is 11.8 Å². The van der Waals surface area contributed by atoms with E-state index in [1.54, 1.807) is 0 Å². The lowest BCUT2D eigenvalue weighted by Gasteiger charge is -2.26. The number of benzene rings is 1. The van der Waals surface area contributed by atoms with Crippen LogP contribution in [-0.2, 0) is 11.2 Å². The summed E-state index contributed by atoms with van der Waals surface area (Å²) in [5.41, 5.74) is 2.61. The summed E-state index contributed by atoms with van der Waals surface area (Å²) in [5, 5.41) is 6.43. The topological polar surface area (TPSA) is 41.1 Å². The minimum absolute atomic E-state index is 0.146. The second-order valence-electron chi connectivity index (χ2n) is 5.55. The van der Waals surface area contributed by atoms with E-state index in [4.69, 9.17) is 0 Å². The predicted octanol–water partition coefficient (Wildman–Crippen LogP) is 2.04. The molecule has 104 valence electrons. The van der Waals surface area contributed by atoms with Crippen molar-refractivity contribution in [3.63, 3.8) is 0 Å². The molecule has 0 bridgehead atoms. The Morgan fingerprint density at radius 3 is 2.84 bits per heavy atom. The molecule has 0 saturated carbocycles. The van der Waals surface area contributed by atoms with Crippen LogP contribution in [0.5, 0.6) is 0 Å². The molecule has 2 unspecified atom stereocenters. The van der Waals surface area contributed by atoms with Gasteiger partial charge in [0.1, 0.15) is 0 Å². The smallest absolute Gasteiger partial charge is 0.224 e.